The van der Waals surface area contributed by atoms with E-state index in [1.54, 1.807) is 19.2 Å². The van der Waals surface area contributed by atoms with Crippen LogP contribution in [-0.2, 0) is 17.1 Å². The van der Waals surface area contributed by atoms with Crippen LogP contribution in [0.1, 0.15) is 17.4 Å². The van der Waals surface area contributed by atoms with Crippen LogP contribution in [0.15, 0.2) is 29.4 Å². The lowest BCUT2D eigenvalue weighted by molar-refractivity contribution is 0.258. The Morgan fingerprint density at radius 2 is 2.12 bits per heavy atom. The molecule has 0 saturated carbocycles. The molecule has 1 aromatic heterocycles. The van der Waals surface area contributed by atoms with Gasteiger partial charge in [-0.1, -0.05) is 11.6 Å². The van der Waals surface area contributed by atoms with Gasteiger partial charge in [0.15, 0.2) is 0 Å². The fourth-order valence-corrected chi connectivity index (χ4v) is 5.22. The highest BCUT2D eigenvalue weighted by Gasteiger charge is 2.37. The molecule has 1 aromatic carbocycles. The number of hydrogen-bond acceptors (Lipinski definition) is 5. The van der Waals surface area contributed by atoms with Crippen molar-refractivity contribution >= 4 is 34.0 Å². The average molecular weight is 421 g/mol. The second-order valence-corrected chi connectivity index (χ2v) is 8.25. The highest BCUT2D eigenvalue weighted by Crippen LogP contribution is 2.34. The Labute approximate surface area is 164 Å². The number of ether oxygens (including phenoxy) is 1. The second kappa shape index (κ2) is 8.14. The van der Waals surface area contributed by atoms with Crippen LogP contribution in [0.4, 0.5) is 0 Å². The molecule has 10 heteroatoms. The Kier molecular flexibility index (Phi) is 6.57. The van der Waals surface area contributed by atoms with E-state index in [-0.39, 0.29) is 28.4 Å². The quantitative estimate of drug-likeness (QED) is 0.819. The lowest BCUT2D eigenvalue weighted by Crippen LogP contribution is -2.49. The first kappa shape index (κ1) is 21.0. The zero-order valence-corrected chi connectivity index (χ0v) is 17.2. The monoisotopic (exact) mass is 420 g/mol. The van der Waals surface area contributed by atoms with Gasteiger partial charge in [-0.25, -0.2) is 13.4 Å². The zero-order valence-electron chi connectivity index (χ0n) is 14.8. The van der Waals surface area contributed by atoms with E-state index in [0.717, 1.165) is 0 Å². The summed E-state index contributed by atoms with van der Waals surface area (Å²) in [7, 11) is -0.372. The van der Waals surface area contributed by atoms with Crippen LogP contribution in [0, 0.1) is 6.92 Å². The third kappa shape index (κ3) is 3.70. The molecule has 0 radical (unpaired) electrons. The molecule has 1 saturated heterocycles. The van der Waals surface area contributed by atoms with Crippen molar-refractivity contribution in [3.05, 3.63) is 40.9 Å². The van der Waals surface area contributed by atoms with Gasteiger partial charge in [-0.3, -0.25) is 0 Å². The summed E-state index contributed by atoms with van der Waals surface area (Å²) in [6.45, 7) is 3.20. The SMILES string of the molecule is COc1cc(C)c(S(=O)(=O)N2CCNCC2c2nccn2C)cc1Cl.Cl. The molecule has 0 amide bonds. The number of sulfonamides is 1. The maximum Gasteiger partial charge on any atom is 0.244 e. The molecule has 2 heterocycles. The van der Waals surface area contributed by atoms with Crippen LogP contribution >= 0.6 is 24.0 Å². The lowest BCUT2D eigenvalue weighted by Gasteiger charge is -2.35. The Morgan fingerprint density at radius 3 is 2.73 bits per heavy atom. The molecule has 2 aromatic rings. The number of nitrogens with zero attached hydrogens (tertiary/aromatic N) is 3. The molecule has 1 fully saturated rings. The fraction of sp³-hybridized carbons (Fsp3) is 0.438. The van der Waals surface area contributed by atoms with Gasteiger partial charge in [0.2, 0.25) is 10.0 Å². The van der Waals surface area contributed by atoms with Gasteiger partial charge in [-0.05, 0) is 24.6 Å². The minimum absolute atomic E-state index is 0. The molecule has 0 bridgehead atoms. The first-order chi connectivity index (χ1) is 11.9. The van der Waals surface area contributed by atoms with E-state index in [1.807, 2.05) is 17.8 Å². The number of aromatic nitrogens is 2. The van der Waals surface area contributed by atoms with E-state index in [1.165, 1.54) is 17.5 Å². The Balaban J connectivity index is 0.00000243. The van der Waals surface area contributed by atoms with Crippen molar-refractivity contribution in [2.75, 3.05) is 26.7 Å². The zero-order chi connectivity index (χ0) is 18.2. The first-order valence-corrected chi connectivity index (χ1v) is 9.72. The Bertz CT molecular complexity index is 886. The minimum Gasteiger partial charge on any atom is -0.495 e. The summed E-state index contributed by atoms with van der Waals surface area (Å²) >= 11 is 6.17. The summed E-state index contributed by atoms with van der Waals surface area (Å²) in [6.07, 6.45) is 3.48. The Morgan fingerprint density at radius 1 is 1.38 bits per heavy atom. The molecule has 0 spiro atoms. The number of benzene rings is 1. The summed E-state index contributed by atoms with van der Waals surface area (Å²) in [6, 6.07) is 2.73. The van der Waals surface area contributed by atoms with Gasteiger partial charge in [0, 0.05) is 39.1 Å². The number of imidazole rings is 1. The van der Waals surface area contributed by atoms with E-state index in [2.05, 4.69) is 10.3 Å². The molecule has 7 nitrogen and oxygen atoms in total. The van der Waals surface area contributed by atoms with Crippen LogP contribution < -0.4 is 10.1 Å². The minimum atomic E-state index is -3.73. The predicted octanol–water partition coefficient (Wildman–Crippen LogP) is 2.15. The van der Waals surface area contributed by atoms with Crippen molar-refractivity contribution in [3.8, 4) is 5.75 Å². The topological polar surface area (TPSA) is 76.5 Å². The van der Waals surface area contributed by atoms with Crippen molar-refractivity contribution in [1.82, 2.24) is 19.2 Å². The van der Waals surface area contributed by atoms with E-state index in [9.17, 15) is 8.42 Å². The van der Waals surface area contributed by atoms with Crippen LogP contribution in [0.5, 0.6) is 5.75 Å². The highest BCUT2D eigenvalue weighted by atomic mass is 35.5. The third-order valence-corrected chi connectivity index (χ3v) is 6.73. The van der Waals surface area contributed by atoms with Gasteiger partial charge >= 0.3 is 0 Å². The fourth-order valence-electron chi connectivity index (χ4n) is 3.09. The standard InChI is InChI=1S/C16H21ClN4O3S.ClH/c1-11-8-14(24-3)12(17)9-15(11)25(22,23)21-7-4-18-10-13(21)16-19-5-6-20(16)2;/h5-6,8-9,13,18H,4,7,10H2,1-3H3;1H. The van der Waals surface area contributed by atoms with Gasteiger partial charge in [0.1, 0.15) is 11.6 Å². The van der Waals surface area contributed by atoms with Crippen LogP contribution in [-0.4, -0.2) is 49.0 Å². The largest absolute Gasteiger partial charge is 0.495 e. The molecule has 1 atom stereocenters. The number of halogens is 2. The number of rotatable bonds is 4. The number of hydrogen-bond donors (Lipinski definition) is 1. The van der Waals surface area contributed by atoms with Gasteiger partial charge in [0.25, 0.3) is 0 Å². The maximum absolute atomic E-state index is 13.3. The third-order valence-electron chi connectivity index (χ3n) is 4.39. The van der Waals surface area contributed by atoms with E-state index in [4.69, 9.17) is 16.3 Å². The molecular weight excluding hydrogens is 399 g/mol. The predicted molar refractivity (Wildman–Crippen MR) is 103 cm³/mol. The maximum atomic E-state index is 13.3. The Hall–Kier alpha value is -1.32. The van der Waals surface area contributed by atoms with Crippen LogP contribution in [0.25, 0.3) is 0 Å². The van der Waals surface area contributed by atoms with Crippen molar-refractivity contribution in [3.63, 3.8) is 0 Å². The number of piperazine rings is 1. The molecule has 3 rings (SSSR count). The number of methoxy groups -OCH3 is 1. The van der Waals surface area contributed by atoms with E-state index >= 15 is 0 Å². The van der Waals surface area contributed by atoms with Gasteiger partial charge in [0.05, 0.1) is 23.1 Å². The summed E-state index contributed by atoms with van der Waals surface area (Å²) in [5.41, 5.74) is 0.596. The normalized spacial score (nSPS) is 18.4. The van der Waals surface area contributed by atoms with E-state index in [0.29, 0.717) is 36.8 Å². The smallest absolute Gasteiger partial charge is 0.244 e. The molecular formula is C16H22Cl2N4O3S. The van der Waals surface area contributed by atoms with E-state index < -0.39 is 10.0 Å². The summed E-state index contributed by atoms with van der Waals surface area (Å²) < 4.78 is 35.2. The highest BCUT2D eigenvalue weighted by molar-refractivity contribution is 7.89. The average Bonchev–Trinajstić information content (AvgIpc) is 3.02. The molecule has 0 aliphatic carbocycles. The first-order valence-electron chi connectivity index (χ1n) is 7.90. The molecule has 1 aliphatic heterocycles. The van der Waals surface area contributed by atoms with Gasteiger partial charge in [-0.15, -0.1) is 12.4 Å². The van der Waals surface area contributed by atoms with Crippen LogP contribution in [0.2, 0.25) is 5.02 Å². The molecule has 1 unspecified atom stereocenters. The van der Waals surface area contributed by atoms with Crippen LogP contribution in [0.3, 0.4) is 0 Å². The van der Waals surface area contributed by atoms with Crippen molar-refractivity contribution in [2.24, 2.45) is 7.05 Å². The number of nitrogens with one attached hydrogen (secondary N) is 1. The molecule has 1 N–H and O–H groups in total. The van der Waals surface area contributed by atoms with Gasteiger partial charge < -0.3 is 14.6 Å². The summed E-state index contributed by atoms with van der Waals surface area (Å²) in [5.74, 6) is 1.16. The number of aryl methyl sites for hydroxylation is 2. The van der Waals surface area contributed by atoms with Crippen molar-refractivity contribution in [2.45, 2.75) is 17.9 Å². The van der Waals surface area contributed by atoms with Gasteiger partial charge in [-0.2, -0.15) is 4.31 Å². The lowest BCUT2D eigenvalue weighted by atomic mass is 10.2. The summed E-state index contributed by atoms with van der Waals surface area (Å²) in [5, 5.41) is 3.52. The molecule has 144 valence electrons. The summed E-state index contributed by atoms with van der Waals surface area (Å²) in [4.78, 5) is 4.53. The van der Waals surface area contributed by atoms with Crippen molar-refractivity contribution < 1.29 is 13.2 Å². The van der Waals surface area contributed by atoms with Crippen molar-refractivity contribution in [1.29, 1.82) is 0 Å². The second-order valence-electron chi connectivity index (χ2n) is 5.98. The molecule has 1 aliphatic rings. The molecule has 26 heavy (non-hydrogen) atoms.